The number of likely N-dealkylation sites (tertiary alicyclic amines) is 1. The summed E-state index contributed by atoms with van der Waals surface area (Å²) in [6.07, 6.45) is 2.52. The molecule has 80 valence electrons. The van der Waals surface area contributed by atoms with E-state index in [9.17, 15) is 9.90 Å². The van der Waals surface area contributed by atoms with Crippen molar-refractivity contribution in [3.8, 4) is 0 Å². The minimum atomic E-state index is -1.17. The van der Waals surface area contributed by atoms with Gasteiger partial charge in [-0.2, -0.15) is 0 Å². The second-order valence-electron chi connectivity index (χ2n) is 4.83. The van der Waals surface area contributed by atoms with Crippen molar-refractivity contribution in [2.45, 2.75) is 38.7 Å². The lowest BCUT2D eigenvalue weighted by atomic mass is 10.4. The summed E-state index contributed by atoms with van der Waals surface area (Å²) in [6, 6.07) is 0. The van der Waals surface area contributed by atoms with Crippen LogP contribution in [0.2, 0.25) is 19.6 Å². The molecule has 0 aromatic rings. The summed E-state index contributed by atoms with van der Waals surface area (Å²) < 4.78 is 0. The van der Waals surface area contributed by atoms with Crippen LogP contribution in [0.4, 0.5) is 0 Å². The molecule has 0 aromatic carbocycles. The molecule has 3 nitrogen and oxygen atoms in total. The lowest BCUT2D eigenvalue weighted by molar-refractivity contribution is -0.132. The van der Waals surface area contributed by atoms with Crippen LogP contribution >= 0.6 is 0 Å². The zero-order valence-corrected chi connectivity index (χ0v) is 10.2. The summed E-state index contributed by atoms with van der Waals surface area (Å²) in [6.45, 7) is 7.29. The van der Waals surface area contributed by atoms with Gasteiger partial charge in [-0.05, 0) is 0 Å². The van der Waals surface area contributed by atoms with E-state index in [1.54, 1.807) is 0 Å². The summed E-state index contributed by atoms with van der Waals surface area (Å²) >= 11 is 0. The molecular formula is C10H19NO2Si. The zero-order valence-electron chi connectivity index (χ0n) is 9.16. The number of nitrogens with zero attached hydrogens (tertiary/aromatic N) is 1. The van der Waals surface area contributed by atoms with Crippen LogP contribution in [-0.2, 0) is 4.79 Å². The Morgan fingerprint density at radius 2 is 2.21 bits per heavy atom. The maximum atomic E-state index is 11.3. The molecule has 0 bridgehead atoms. The maximum absolute atomic E-state index is 11.3. The first kappa shape index (κ1) is 11.5. The molecule has 0 saturated carbocycles. The van der Waals surface area contributed by atoms with Crippen molar-refractivity contribution in [3.63, 3.8) is 0 Å². The third kappa shape index (κ3) is 3.27. The average Bonchev–Trinajstić information content (AvgIpc) is 2.33. The Hall–Kier alpha value is -0.613. The summed E-state index contributed by atoms with van der Waals surface area (Å²) in [5.74, 6) is 0.0673. The van der Waals surface area contributed by atoms with Gasteiger partial charge in [0.25, 0.3) is 0 Å². The van der Waals surface area contributed by atoms with Crippen molar-refractivity contribution in [3.05, 3.63) is 11.8 Å². The molecule has 1 saturated heterocycles. The first-order valence-corrected chi connectivity index (χ1v) is 8.63. The molecule has 1 atom stereocenters. The van der Waals surface area contributed by atoms with Crippen molar-refractivity contribution in [2.75, 3.05) is 6.54 Å². The summed E-state index contributed by atoms with van der Waals surface area (Å²) in [5, 5.41) is 9.47. The summed E-state index contributed by atoms with van der Waals surface area (Å²) in [7, 11) is -1.17. The number of amides is 1. The quantitative estimate of drug-likeness (QED) is 0.719. The van der Waals surface area contributed by atoms with Gasteiger partial charge in [-0.25, -0.2) is 0 Å². The Kier molecular flexibility index (Phi) is 3.50. The highest BCUT2D eigenvalue weighted by Gasteiger charge is 2.27. The monoisotopic (exact) mass is 213 g/mol. The second kappa shape index (κ2) is 4.27. The van der Waals surface area contributed by atoms with Crippen LogP contribution < -0.4 is 0 Å². The lowest BCUT2D eigenvalue weighted by Gasteiger charge is -2.19. The Bertz CT molecular complexity index is 245. The standard InChI is InChI=1S/C10H19NO2Si/c1-14(2,3)8-4-7-11-9(12)5-6-10(11)13/h4,8-9,12H,5-7H2,1-3H3. The van der Waals surface area contributed by atoms with Crippen LogP contribution in [0.25, 0.3) is 0 Å². The highest BCUT2D eigenvalue weighted by molar-refractivity contribution is 6.80. The number of rotatable bonds is 3. The molecule has 1 unspecified atom stereocenters. The van der Waals surface area contributed by atoms with E-state index in [1.165, 1.54) is 4.90 Å². The first-order chi connectivity index (χ1) is 6.40. The van der Waals surface area contributed by atoms with E-state index in [4.69, 9.17) is 0 Å². The fraction of sp³-hybridized carbons (Fsp3) is 0.700. The maximum Gasteiger partial charge on any atom is 0.225 e. The Labute approximate surface area is 86.4 Å². The van der Waals surface area contributed by atoms with Crippen LogP contribution in [0.15, 0.2) is 11.8 Å². The average molecular weight is 213 g/mol. The van der Waals surface area contributed by atoms with Gasteiger partial charge in [0, 0.05) is 19.4 Å². The molecule has 0 radical (unpaired) electrons. The molecule has 1 amide bonds. The molecule has 4 heteroatoms. The van der Waals surface area contributed by atoms with Gasteiger partial charge < -0.3 is 10.0 Å². The van der Waals surface area contributed by atoms with E-state index in [1.807, 2.05) is 6.08 Å². The Morgan fingerprint density at radius 3 is 2.64 bits per heavy atom. The predicted molar refractivity (Wildman–Crippen MR) is 59.4 cm³/mol. The summed E-state index contributed by atoms with van der Waals surface area (Å²) in [5.41, 5.74) is 2.20. The molecule has 1 heterocycles. The van der Waals surface area contributed by atoms with Gasteiger partial charge in [-0.1, -0.05) is 31.4 Å². The highest BCUT2D eigenvalue weighted by Crippen LogP contribution is 2.16. The smallest absolute Gasteiger partial charge is 0.225 e. The molecule has 1 aliphatic heterocycles. The fourth-order valence-corrected chi connectivity index (χ4v) is 2.27. The topological polar surface area (TPSA) is 40.5 Å². The molecule has 1 fully saturated rings. The molecule has 0 aromatic heterocycles. The van der Waals surface area contributed by atoms with E-state index < -0.39 is 14.3 Å². The number of aliphatic hydroxyl groups excluding tert-OH is 1. The van der Waals surface area contributed by atoms with Crippen LogP contribution in [0, 0.1) is 0 Å². The van der Waals surface area contributed by atoms with Crippen molar-refractivity contribution >= 4 is 14.0 Å². The van der Waals surface area contributed by atoms with E-state index in [2.05, 4.69) is 25.3 Å². The number of carbonyl (C=O) groups excluding carboxylic acids is 1. The second-order valence-corrected chi connectivity index (χ2v) is 9.90. The van der Waals surface area contributed by atoms with Gasteiger partial charge in [-0.3, -0.25) is 4.79 Å². The minimum Gasteiger partial charge on any atom is -0.373 e. The third-order valence-electron chi connectivity index (χ3n) is 2.22. The third-order valence-corrected chi connectivity index (χ3v) is 3.45. The number of carbonyl (C=O) groups is 1. The first-order valence-electron chi connectivity index (χ1n) is 5.05. The molecule has 1 rings (SSSR count). The van der Waals surface area contributed by atoms with Crippen LogP contribution in [-0.4, -0.2) is 36.8 Å². The van der Waals surface area contributed by atoms with Crippen LogP contribution in [0.1, 0.15) is 12.8 Å². The molecule has 1 aliphatic rings. The number of hydrogen-bond donors (Lipinski definition) is 1. The fourth-order valence-electron chi connectivity index (χ4n) is 1.46. The number of hydrogen-bond acceptors (Lipinski definition) is 2. The molecule has 1 N–H and O–H groups in total. The SMILES string of the molecule is C[Si](C)(C)C=CCN1C(=O)CCC1O. The molecule has 0 spiro atoms. The van der Waals surface area contributed by atoms with Gasteiger partial charge in [-0.15, -0.1) is 0 Å². The number of aliphatic hydroxyl groups is 1. The van der Waals surface area contributed by atoms with Gasteiger partial charge in [0.1, 0.15) is 6.23 Å². The van der Waals surface area contributed by atoms with Crippen molar-refractivity contribution in [2.24, 2.45) is 0 Å². The molecule has 14 heavy (non-hydrogen) atoms. The predicted octanol–water partition coefficient (Wildman–Crippen LogP) is 1.36. The normalized spacial score (nSPS) is 23.9. The largest absolute Gasteiger partial charge is 0.373 e. The highest BCUT2D eigenvalue weighted by atomic mass is 28.3. The van der Waals surface area contributed by atoms with Gasteiger partial charge in [0.15, 0.2) is 0 Å². The van der Waals surface area contributed by atoms with Gasteiger partial charge >= 0.3 is 0 Å². The zero-order chi connectivity index (χ0) is 10.8. The lowest BCUT2D eigenvalue weighted by Crippen LogP contribution is -2.33. The van der Waals surface area contributed by atoms with Crippen LogP contribution in [0.5, 0.6) is 0 Å². The van der Waals surface area contributed by atoms with E-state index in [0.29, 0.717) is 19.4 Å². The van der Waals surface area contributed by atoms with Gasteiger partial charge in [0.05, 0.1) is 8.07 Å². The Balaban J connectivity index is 2.45. The van der Waals surface area contributed by atoms with E-state index in [0.717, 1.165) is 0 Å². The molecule has 0 aliphatic carbocycles. The van der Waals surface area contributed by atoms with Crippen molar-refractivity contribution in [1.82, 2.24) is 4.90 Å². The van der Waals surface area contributed by atoms with Crippen LogP contribution in [0.3, 0.4) is 0 Å². The van der Waals surface area contributed by atoms with Crippen molar-refractivity contribution < 1.29 is 9.90 Å². The Morgan fingerprint density at radius 1 is 1.57 bits per heavy atom. The minimum absolute atomic E-state index is 0.0673. The van der Waals surface area contributed by atoms with E-state index >= 15 is 0 Å². The van der Waals surface area contributed by atoms with E-state index in [-0.39, 0.29) is 5.91 Å². The summed E-state index contributed by atoms with van der Waals surface area (Å²) in [4.78, 5) is 12.8. The molecular weight excluding hydrogens is 194 g/mol. The van der Waals surface area contributed by atoms with Crippen molar-refractivity contribution in [1.29, 1.82) is 0 Å². The van der Waals surface area contributed by atoms with Gasteiger partial charge in [0.2, 0.25) is 5.91 Å².